The standard InChI is InChI=1S/C9H17O6P/c1-4-7-15-16(12,8(10)13-5-2)9(11)14-6-3/h4-7H2,1-3H3. The smallest absolute Gasteiger partial charge is 0.413 e. The quantitative estimate of drug-likeness (QED) is 0.648. The number of ether oxygens (including phenoxy) is 2. The van der Waals surface area contributed by atoms with E-state index in [4.69, 9.17) is 4.52 Å². The molecule has 0 spiro atoms. The minimum atomic E-state index is -4.17. The lowest BCUT2D eigenvalue weighted by molar-refractivity contribution is 0.158. The maximum atomic E-state index is 12.0. The maximum Gasteiger partial charge on any atom is 0.413 e. The van der Waals surface area contributed by atoms with Crippen LogP contribution in [0.5, 0.6) is 0 Å². The summed E-state index contributed by atoms with van der Waals surface area (Å²) >= 11 is 0. The zero-order valence-corrected chi connectivity index (χ0v) is 10.6. The maximum absolute atomic E-state index is 12.0. The van der Waals surface area contributed by atoms with Crippen LogP contribution in [-0.4, -0.2) is 31.2 Å². The van der Waals surface area contributed by atoms with Gasteiger partial charge in [0.15, 0.2) is 0 Å². The Balaban J connectivity index is 4.80. The lowest BCUT2D eigenvalue weighted by Gasteiger charge is -2.14. The molecule has 0 heterocycles. The van der Waals surface area contributed by atoms with Crippen LogP contribution in [0.2, 0.25) is 0 Å². The molecule has 0 aromatic rings. The van der Waals surface area contributed by atoms with Crippen molar-refractivity contribution in [3.63, 3.8) is 0 Å². The molecule has 0 bridgehead atoms. The van der Waals surface area contributed by atoms with E-state index in [-0.39, 0.29) is 19.8 Å². The number of hydrogen-bond donors (Lipinski definition) is 0. The van der Waals surface area contributed by atoms with Crippen molar-refractivity contribution in [1.82, 2.24) is 0 Å². The van der Waals surface area contributed by atoms with Crippen molar-refractivity contribution in [2.75, 3.05) is 19.8 Å². The van der Waals surface area contributed by atoms with Gasteiger partial charge in [0.25, 0.3) is 0 Å². The van der Waals surface area contributed by atoms with E-state index in [2.05, 4.69) is 9.47 Å². The molecule has 6 nitrogen and oxygen atoms in total. The fourth-order valence-electron chi connectivity index (χ4n) is 0.817. The Kier molecular flexibility index (Phi) is 7.01. The third-order valence-electron chi connectivity index (χ3n) is 1.49. The summed E-state index contributed by atoms with van der Waals surface area (Å²) < 4.78 is 25.9. The number of rotatable bonds is 7. The van der Waals surface area contributed by atoms with Gasteiger partial charge < -0.3 is 14.0 Å². The summed E-state index contributed by atoms with van der Waals surface area (Å²) in [7, 11) is -4.17. The van der Waals surface area contributed by atoms with Crippen molar-refractivity contribution >= 4 is 18.8 Å². The molecule has 0 aliphatic heterocycles. The minimum Gasteiger partial charge on any atom is -0.458 e. The molecule has 0 unspecified atom stereocenters. The van der Waals surface area contributed by atoms with Crippen molar-refractivity contribution in [3.05, 3.63) is 0 Å². The molecule has 0 aliphatic carbocycles. The topological polar surface area (TPSA) is 78.9 Å². The second kappa shape index (κ2) is 7.41. The first-order chi connectivity index (χ1) is 7.52. The molecule has 0 amide bonds. The molecule has 0 aliphatic rings. The van der Waals surface area contributed by atoms with Gasteiger partial charge in [-0.05, 0) is 20.3 Å². The molecule has 94 valence electrons. The molecule has 0 saturated heterocycles. The van der Waals surface area contributed by atoms with E-state index in [0.29, 0.717) is 6.42 Å². The third kappa shape index (κ3) is 3.94. The van der Waals surface area contributed by atoms with Gasteiger partial charge in [-0.15, -0.1) is 0 Å². The Bertz CT molecular complexity index is 266. The number of hydrogen-bond acceptors (Lipinski definition) is 6. The van der Waals surface area contributed by atoms with Crippen LogP contribution in [0.4, 0.5) is 9.59 Å². The van der Waals surface area contributed by atoms with E-state index in [1.807, 2.05) is 0 Å². The van der Waals surface area contributed by atoms with Crippen LogP contribution in [0.1, 0.15) is 27.2 Å². The third-order valence-corrected chi connectivity index (χ3v) is 3.26. The predicted octanol–water partition coefficient (Wildman–Crippen LogP) is 3.00. The second-order valence-corrected chi connectivity index (χ2v) is 4.87. The zero-order valence-electron chi connectivity index (χ0n) is 9.73. The van der Waals surface area contributed by atoms with Gasteiger partial charge in [0.2, 0.25) is 0 Å². The second-order valence-electron chi connectivity index (χ2n) is 2.78. The van der Waals surface area contributed by atoms with Crippen molar-refractivity contribution < 1.29 is 28.2 Å². The fourth-order valence-corrected chi connectivity index (χ4v) is 2.21. The highest BCUT2D eigenvalue weighted by atomic mass is 31.2. The molecule has 0 saturated carbocycles. The van der Waals surface area contributed by atoms with Crippen LogP contribution >= 0.6 is 7.37 Å². The Morgan fingerprint density at radius 1 is 1.00 bits per heavy atom. The van der Waals surface area contributed by atoms with Crippen LogP contribution < -0.4 is 0 Å². The van der Waals surface area contributed by atoms with Gasteiger partial charge in [-0.2, -0.15) is 0 Å². The van der Waals surface area contributed by atoms with Crippen LogP contribution in [0.15, 0.2) is 0 Å². The highest BCUT2D eigenvalue weighted by Gasteiger charge is 2.45. The van der Waals surface area contributed by atoms with Crippen LogP contribution in [-0.2, 0) is 18.6 Å². The van der Waals surface area contributed by atoms with Crippen LogP contribution in [0.25, 0.3) is 0 Å². The largest absolute Gasteiger partial charge is 0.458 e. The molecule has 0 rings (SSSR count). The van der Waals surface area contributed by atoms with E-state index in [9.17, 15) is 14.2 Å². The van der Waals surface area contributed by atoms with Gasteiger partial charge in [-0.1, -0.05) is 6.92 Å². The summed E-state index contributed by atoms with van der Waals surface area (Å²) in [5, 5.41) is 0. The lowest BCUT2D eigenvalue weighted by Crippen LogP contribution is -2.15. The Morgan fingerprint density at radius 2 is 1.44 bits per heavy atom. The zero-order chi connectivity index (χ0) is 12.6. The van der Waals surface area contributed by atoms with Gasteiger partial charge >= 0.3 is 18.8 Å². The molecule has 0 atom stereocenters. The molecule has 7 heteroatoms. The minimum absolute atomic E-state index is 0.0255. The first-order valence-electron chi connectivity index (χ1n) is 5.12. The van der Waals surface area contributed by atoms with Gasteiger partial charge in [0.05, 0.1) is 19.8 Å². The molecular formula is C9H17O6P. The molecule has 0 aromatic carbocycles. The highest BCUT2D eigenvalue weighted by Crippen LogP contribution is 2.50. The van der Waals surface area contributed by atoms with Gasteiger partial charge in [-0.25, -0.2) is 9.59 Å². The summed E-state index contributed by atoms with van der Waals surface area (Å²) in [5.74, 6) is 0. The Morgan fingerprint density at radius 3 is 1.75 bits per heavy atom. The van der Waals surface area contributed by atoms with Crippen LogP contribution in [0.3, 0.4) is 0 Å². The first-order valence-corrected chi connectivity index (χ1v) is 6.74. The van der Waals surface area contributed by atoms with Gasteiger partial charge in [0.1, 0.15) is 0 Å². The summed E-state index contributed by atoms with van der Waals surface area (Å²) in [5.41, 5.74) is -2.30. The van der Waals surface area contributed by atoms with E-state index < -0.39 is 18.8 Å². The molecule has 0 aromatic heterocycles. The van der Waals surface area contributed by atoms with E-state index in [1.165, 1.54) is 0 Å². The molecule has 16 heavy (non-hydrogen) atoms. The molecule has 0 radical (unpaired) electrons. The van der Waals surface area contributed by atoms with E-state index in [1.54, 1.807) is 20.8 Å². The Hall–Kier alpha value is -0.870. The van der Waals surface area contributed by atoms with Crippen molar-refractivity contribution in [1.29, 1.82) is 0 Å². The monoisotopic (exact) mass is 252 g/mol. The SMILES string of the molecule is CCCOP(=O)(C(=O)OCC)C(=O)OCC. The number of carbonyl (C=O) groups excluding carboxylic acids is 2. The number of carbonyl (C=O) groups is 2. The highest BCUT2D eigenvalue weighted by molar-refractivity contribution is 7.89. The Labute approximate surface area is 94.7 Å². The van der Waals surface area contributed by atoms with E-state index >= 15 is 0 Å². The normalized spacial score (nSPS) is 10.9. The average molecular weight is 252 g/mol. The lowest BCUT2D eigenvalue weighted by atomic mass is 10.5. The average Bonchev–Trinajstić information content (AvgIpc) is 2.26. The summed E-state index contributed by atoms with van der Waals surface area (Å²) in [6, 6.07) is 0. The predicted molar refractivity (Wildman–Crippen MR) is 57.9 cm³/mol. The van der Waals surface area contributed by atoms with E-state index in [0.717, 1.165) is 0 Å². The summed E-state index contributed by atoms with van der Waals surface area (Å²) in [4.78, 5) is 22.8. The summed E-state index contributed by atoms with van der Waals surface area (Å²) in [6.07, 6.45) is 0.531. The van der Waals surface area contributed by atoms with Crippen molar-refractivity contribution in [2.45, 2.75) is 27.2 Å². The van der Waals surface area contributed by atoms with Gasteiger partial charge in [-0.3, -0.25) is 4.57 Å². The first kappa shape index (κ1) is 15.1. The molecular weight excluding hydrogens is 235 g/mol. The summed E-state index contributed by atoms with van der Waals surface area (Å²) in [6.45, 7) is 4.95. The molecule has 0 fully saturated rings. The van der Waals surface area contributed by atoms with Crippen molar-refractivity contribution in [2.24, 2.45) is 0 Å². The molecule has 0 N–H and O–H groups in total. The van der Waals surface area contributed by atoms with Crippen LogP contribution in [0, 0.1) is 0 Å². The van der Waals surface area contributed by atoms with Gasteiger partial charge in [0, 0.05) is 0 Å². The van der Waals surface area contributed by atoms with Crippen molar-refractivity contribution in [3.8, 4) is 0 Å². The fraction of sp³-hybridized carbons (Fsp3) is 0.778.